The molecule has 0 aliphatic heterocycles. The van der Waals surface area contributed by atoms with Crippen LogP contribution in [0.15, 0.2) is 34.9 Å². The molecule has 0 aliphatic rings. The summed E-state index contributed by atoms with van der Waals surface area (Å²) in [6.07, 6.45) is 0.0705. The van der Waals surface area contributed by atoms with Crippen LogP contribution in [0.25, 0.3) is 11.5 Å². The van der Waals surface area contributed by atoms with Gasteiger partial charge in [-0.15, -0.1) is 0 Å². The summed E-state index contributed by atoms with van der Waals surface area (Å²) in [7, 11) is 1.71. The van der Waals surface area contributed by atoms with Crippen LogP contribution < -0.4 is 5.32 Å². The fourth-order valence-corrected chi connectivity index (χ4v) is 1.92. The smallest absolute Gasteiger partial charge is 0.263 e. The number of hydrogen-bond acceptors (Lipinski definition) is 5. The van der Waals surface area contributed by atoms with Gasteiger partial charge in [-0.05, 0) is 22.7 Å². The maximum atomic E-state index is 5.48. The van der Waals surface area contributed by atoms with Gasteiger partial charge in [0.1, 0.15) is 0 Å². The Labute approximate surface area is 119 Å². The zero-order valence-corrected chi connectivity index (χ0v) is 12.4. The van der Waals surface area contributed by atoms with Gasteiger partial charge in [0.2, 0.25) is 0 Å². The first-order valence-electron chi connectivity index (χ1n) is 6.66. The molecule has 0 bridgehead atoms. The van der Waals surface area contributed by atoms with Gasteiger partial charge in [0.15, 0.2) is 0 Å². The number of ether oxygens (including phenoxy) is 1. The molecule has 1 heterocycles. The highest BCUT2D eigenvalue weighted by molar-refractivity contribution is 5.53. The van der Waals surface area contributed by atoms with Gasteiger partial charge >= 0.3 is 0 Å². The summed E-state index contributed by atoms with van der Waals surface area (Å²) >= 11 is 0. The normalized spacial score (nSPS) is 13.2. The van der Waals surface area contributed by atoms with Gasteiger partial charge in [-0.2, -0.15) is 4.98 Å². The third kappa shape index (κ3) is 3.57. The maximum Gasteiger partial charge on any atom is 0.263 e. The van der Waals surface area contributed by atoms with E-state index in [1.54, 1.807) is 7.11 Å². The summed E-state index contributed by atoms with van der Waals surface area (Å²) in [4.78, 5) is 4.32. The van der Waals surface area contributed by atoms with Crippen LogP contribution in [-0.4, -0.2) is 29.9 Å². The Bertz CT molecular complexity index is 532. The number of nitrogens with one attached hydrogen (secondary N) is 1. The second kappa shape index (κ2) is 6.05. The zero-order chi connectivity index (χ0) is 14.6. The summed E-state index contributed by atoms with van der Waals surface area (Å²) in [5.41, 5.74) is 0.959. The molecule has 1 unspecified atom stereocenters. The molecule has 1 aromatic carbocycles. The van der Waals surface area contributed by atoms with Crippen molar-refractivity contribution in [1.29, 1.82) is 0 Å². The molecule has 0 fully saturated rings. The Morgan fingerprint density at radius 1 is 1.25 bits per heavy atom. The van der Waals surface area contributed by atoms with Gasteiger partial charge < -0.3 is 14.6 Å². The minimum Gasteiger partial charge on any atom is -0.379 e. The van der Waals surface area contributed by atoms with E-state index >= 15 is 0 Å². The summed E-state index contributed by atoms with van der Waals surface area (Å²) in [5.74, 6) is 0.993. The minimum atomic E-state index is 0.0494. The average Bonchev–Trinajstić information content (AvgIpc) is 2.88. The number of hydrogen-bond donors (Lipinski definition) is 1. The first kappa shape index (κ1) is 14.5. The molecule has 0 saturated heterocycles. The van der Waals surface area contributed by atoms with E-state index in [4.69, 9.17) is 9.26 Å². The molecular weight excluding hydrogens is 254 g/mol. The first-order chi connectivity index (χ1) is 9.50. The zero-order valence-electron chi connectivity index (χ0n) is 12.4. The SMILES string of the molecule is COC(CNc1noc(-c2ccccc2)n1)C(C)(C)C. The molecule has 5 nitrogen and oxygen atoms in total. The van der Waals surface area contributed by atoms with Crippen LogP contribution in [0.1, 0.15) is 20.8 Å². The molecule has 0 amide bonds. The van der Waals surface area contributed by atoms with E-state index < -0.39 is 0 Å². The van der Waals surface area contributed by atoms with Crippen molar-refractivity contribution >= 4 is 5.95 Å². The third-order valence-corrected chi connectivity index (χ3v) is 3.14. The van der Waals surface area contributed by atoms with E-state index in [9.17, 15) is 0 Å². The van der Waals surface area contributed by atoms with Crippen molar-refractivity contribution in [3.8, 4) is 11.5 Å². The predicted octanol–water partition coefficient (Wildman–Crippen LogP) is 3.21. The third-order valence-electron chi connectivity index (χ3n) is 3.14. The summed E-state index contributed by atoms with van der Waals surface area (Å²) in [5, 5.41) is 7.08. The summed E-state index contributed by atoms with van der Waals surface area (Å²) in [6, 6.07) is 9.70. The van der Waals surface area contributed by atoms with Gasteiger partial charge in [-0.25, -0.2) is 0 Å². The van der Waals surface area contributed by atoms with E-state index in [1.165, 1.54) is 0 Å². The van der Waals surface area contributed by atoms with Crippen LogP contribution >= 0.6 is 0 Å². The second-order valence-electron chi connectivity index (χ2n) is 5.76. The summed E-state index contributed by atoms with van der Waals surface area (Å²) < 4.78 is 10.7. The lowest BCUT2D eigenvalue weighted by molar-refractivity contribution is 0.0267. The molecule has 0 aliphatic carbocycles. The highest BCUT2D eigenvalue weighted by Crippen LogP contribution is 2.22. The molecule has 0 spiro atoms. The highest BCUT2D eigenvalue weighted by atomic mass is 16.5. The molecule has 1 atom stereocenters. The van der Waals surface area contributed by atoms with Crippen LogP contribution in [0.3, 0.4) is 0 Å². The molecule has 108 valence electrons. The number of methoxy groups -OCH3 is 1. The van der Waals surface area contributed by atoms with Crippen LogP contribution in [-0.2, 0) is 4.74 Å². The van der Waals surface area contributed by atoms with Crippen molar-refractivity contribution in [1.82, 2.24) is 10.1 Å². The lowest BCUT2D eigenvalue weighted by Crippen LogP contribution is -2.35. The molecular formula is C15H21N3O2. The number of rotatable bonds is 5. The lowest BCUT2D eigenvalue weighted by atomic mass is 9.89. The standard InChI is InChI=1S/C15H21N3O2/c1-15(2,3)12(19-4)10-16-14-17-13(20-18-14)11-8-6-5-7-9-11/h5-9,12H,10H2,1-4H3,(H,16,18). The predicted molar refractivity (Wildman–Crippen MR) is 78.5 cm³/mol. The number of nitrogens with zero attached hydrogens (tertiary/aromatic N) is 2. The van der Waals surface area contributed by atoms with Crippen molar-refractivity contribution in [3.05, 3.63) is 30.3 Å². The summed E-state index contributed by atoms with van der Waals surface area (Å²) in [6.45, 7) is 7.03. The van der Waals surface area contributed by atoms with Gasteiger partial charge in [0.25, 0.3) is 11.8 Å². The molecule has 20 heavy (non-hydrogen) atoms. The topological polar surface area (TPSA) is 60.2 Å². The number of anilines is 1. The maximum absolute atomic E-state index is 5.48. The molecule has 0 radical (unpaired) electrons. The molecule has 1 aromatic heterocycles. The molecule has 1 N–H and O–H groups in total. The Kier molecular flexibility index (Phi) is 4.39. The van der Waals surface area contributed by atoms with Gasteiger partial charge in [0, 0.05) is 19.2 Å². The van der Waals surface area contributed by atoms with E-state index in [0.717, 1.165) is 5.56 Å². The quantitative estimate of drug-likeness (QED) is 0.908. The molecule has 2 aromatic rings. The van der Waals surface area contributed by atoms with E-state index in [0.29, 0.717) is 18.4 Å². The van der Waals surface area contributed by atoms with Crippen molar-refractivity contribution in [3.63, 3.8) is 0 Å². The van der Waals surface area contributed by atoms with Gasteiger partial charge in [-0.3, -0.25) is 0 Å². The van der Waals surface area contributed by atoms with Crippen molar-refractivity contribution < 1.29 is 9.26 Å². The van der Waals surface area contributed by atoms with E-state index in [-0.39, 0.29) is 11.5 Å². The average molecular weight is 275 g/mol. The fourth-order valence-electron chi connectivity index (χ4n) is 1.92. The van der Waals surface area contributed by atoms with Crippen LogP contribution in [0.5, 0.6) is 0 Å². The highest BCUT2D eigenvalue weighted by Gasteiger charge is 2.24. The van der Waals surface area contributed by atoms with Crippen LogP contribution in [0, 0.1) is 5.41 Å². The Morgan fingerprint density at radius 3 is 2.55 bits per heavy atom. The van der Waals surface area contributed by atoms with Crippen LogP contribution in [0.2, 0.25) is 0 Å². The van der Waals surface area contributed by atoms with Crippen molar-refractivity contribution in [2.45, 2.75) is 26.9 Å². The van der Waals surface area contributed by atoms with Gasteiger partial charge in [0.05, 0.1) is 6.10 Å². The Morgan fingerprint density at radius 2 is 1.95 bits per heavy atom. The Hall–Kier alpha value is -1.88. The monoisotopic (exact) mass is 275 g/mol. The number of aromatic nitrogens is 2. The van der Waals surface area contributed by atoms with Crippen LogP contribution in [0.4, 0.5) is 5.95 Å². The first-order valence-corrected chi connectivity index (χ1v) is 6.66. The molecule has 2 rings (SSSR count). The van der Waals surface area contributed by atoms with Gasteiger partial charge in [-0.1, -0.05) is 39.0 Å². The Balaban J connectivity index is 2.00. The second-order valence-corrected chi connectivity index (χ2v) is 5.76. The molecule has 5 heteroatoms. The number of benzene rings is 1. The van der Waals surface area contributed by atoms with E-state index in [1.807, 2.05) is 30.3 Å². The largest absolute Gasteiger partial charge is 0.379 e. The fraction of sp³-hybridized carbons (Fsp3) is 0.467. The van der Waals surface area contributed by atoms with Crippen molar-refractivity contribution in [2.75, 3.05) is 19.0 Å². The van der Waals surface area contributed by atoms with Crippen molar-refractivity contribution in [2.24, 2.45) is 5.41 Å². The minimum absolute atomic E-state index is 0.0494. The molecule has 0 saturated carbocycles. The van der Waals surface area contributed by atoms with E-state index in [2.05, 4.69) is 36.2 Å². The lowest BCUT2D eigenvalue weighted by Gasteiger charge is -2.29.